The summed E-state index contributed by atoms with van der Waals surface area (Å²) in [4.78, 5) is 29.8. The molecule has 2 unspecified atom stereocenters. The van der Waals surface area contributed by atoms with Crippen molar-refractivity contribution >= 4 is 29.0 Å². The number of urea groups is 1. The number of nitrogens with zero attached hydrogens (tertiary/aromatic N) is 1. The quantitative estimate of drug-likeness (QED) is 0.285. The van der Waals surface area contributed by atoms with Crippen LogP contribution in [0.4, 0.5) is 23.7 Å². The molecular weight excluding hydrogens is 529 g/mol. The zero-order valence-electron chi connectivity index (χ0n) is 21.7. The Bertz CT molecular complexity index is 1260. The third-order valence-corrected chi connectivity index (χ3v) is 7.38. The van der Waals surface area contributed by atoms with E-state index in [0.29, 0.717) is 23.8 Å². The van der Waals surface area contributed by atoms with Crippen molar-refractivity contribution in [2.75, 3.05) is 5.32 Å². The monoisotopic (exact) mass is 560 g/mol. The third-order valence-electron chi connectivity index (χ3n) is 6.56. The minimum Gasteiger partial charge on any atom is -0.486 e. The number of aromatic nitrogens is 1. The molecule has 39 heavy (non-hydrogen) atoms. The van der Waals surface area contributed by atoms with Crippen LogP contribution in [0.15, 0.2) is 53.9 Å². The normalized spacial score (nSPS) is 17.5. The summed E-state index contributed by atoms with van der Waals surface area (Å²) < 4.78 is 44.1. The van der Waals surface area contributed by atoms with E-state index < -0.39 is 17.8 Å². The first-order valence-corrected chi connectivity index (χ1v) is 13.7. The topological polar surface area (TPSA) is 92.3 Å². The first kappa shape index (κ1) is 28.4. The van der Waals surface area contributed by atoms with Crippen molar-refractivity contribution < 1.29 is 27.5 Å². The second kappa shape index (κ2) is 12.5. The second-order valence-corrected chi connectivity index (χ2v) is 10.7. The number of hydrogen-bond donors (Lipinski definition) is 3. The minimum absolute atomic E-state index is 0.241. The van der Waals surface area contributed by atoms with Crippen molar-refractivity contribution in [2.45, 2.75) is 70.3 Å². The van der Waals surface area contributed by atoms with Crippen LogP contribution in [0.1, 0.15) is 72.1 Å². The zero-order valence-corrected chi connectivity index (χ0v) is 22.5. The Kier molecular flexibility index (Phi) is 9.11. The van der Waals surface area contributed by atoms with E-state index in [2.05, 4.69) is 34.8 Å². The number of thiazole rings is 1. The maximum absolute atomic E-state index is 12.9. The van der Waals surface area contributed by atoms with E-state index in [1.807, 2.05) is 24.3 Å². The number of carbonyl (C=O) groups excluding carboxylic acids is 2. The molecule has 1 heterocycles. The molecule has 3 N–H and O–H groups in total. The second-order valence-electron chi connectivity index (χ2n) is 9.78. The molecule has 7 nitrogen and oxygen atoms in total. The Labute approximate surface area is 229 Å². The molecule has 0 bridgehead atoms. The Balaban J connectivity index is 1.29. The van der Waals surface area contributed by atoms with Crippen LogP contribution in [-0.4, -0.2) is 29.0 Å². The third kappa shape index (κ3) is 7.95. The lowest BCUT2D eigenvalue weighted by Gasteiger charge is -2.32. The van der Waals surface area contributed by atoms with Crippen molar-refractivity contribution in [1.82, 2.24) is 15.6 Å². The SMILES string of the molecule is CC(C)c1ccc(OCc2nc(C(=O)NC3CCCCC3NC(=O)Nc3ccc(C(F)(F)F)cc3)cs2)cc1. The molecule has 4 rings (SSSR count). The lowest BCUT2D eigenvalue weighted by molar-refractivity contribution is -0.137. The van der Waals surface area contributed by atoms with Gasteiger partial charge in [0.1, 0.15) is 23.1 Å². The highest BCUT2D eigenvalue weighted by Crippen LogP contribution is 2.30. The molecule has 208 valence electrons. The van der Waals surface area contributed by atoms with Gasteiger partial charge in [0.15, 0.2) is 0 Å². The molecule has 11 heteroatoms. The summed E-state index contributed by atoms with van der Waals surface area (Å²) >= 11 is 1.34. The summed E-state index contributed by atoms with van der Waals surface area (Å²) in [6.07, 6.45) is -1.32. The lowest BCUT2D eigenvalue weighted by atomic mass is 9.90. The number of nitrogens with one attached hydrogen (secondary N) is 3. The number of rotatable bonds is 8. The predicted octanol–water partition coefficient (Wildman–Crippen LogP) is 6.73. The van der Waals surface area contributed by atoms with Gasteiger partial charge >= 0.3 is 12.2 Å². The number of halogens is 3. The van der Waals surface area contributed by atoms with E-state index in [1.54, 1.807) is 5.38 Å². The van der Waals surface area contributed by atoms with Gasteiger partial charge in [-0.25, -0.2) is 9.78 Å². The molecule has 0 radical (unpaired) electrons. The molecule has 1 aliphatic rings. The van der Waals surface area contributed by atoms with Crippen molar-refractivity contribution in [1.29, 1.82) is 0 Å². The van der Waals surface area contributed by atoms with Crippen LogP contribution in [0, 0.1) is 0 Å². The van der Waals surface area contributed by atoms with Gasteiger partial charge in [-0.2, -0.15) is 13.2 Å². The van der Waals surface area contributed by atoms with Crippen molar-refractivity contribution in [3.05, 3.63) is 75.7 Å². The molecule has 2 aromatic carbocycles. The highest BCUT2D eigenvalue weighted by molar-refractivity contribution is 7.09. The molecule has 0 aliphatic heterocycles. The smallest absolute Gasteiger partial charge is 0.416 e. The van der Waals surface area contributed by atoms with E-state index in [0.717, 1.165) is 30.7 Å². The van der Waals surface area contributed by atoms with Gasteiger partial charge in [-0.1, -0.05) is 38.8 Å². The molecule has 1 fully saturated rings. The van der Waals surface area contributed by atoms with Gasteiger partial charge in [0.2, 0.25) is 0 Å². The standard InChI is InChI=1S/C28H31F3N4O3S/c1-17(2)18-7-13-21(14-8-18)38-15-25-33-24(16-39-25)26(36)34-22-5-3-4-6-23(22)35-27(37)32-20-11-9-19(10-12-20)28(29,30)31/h7-14,16-17,22-23H,3-6,15H2,1-2H3,(H,34,36)(H2,32,35,37). The zero-order chi connectivity index (χ0) is 28.0. The van der Waals surface area contributed by atoms with Crippen LogP contribution in [-0.2, 0) is 12.8 Å². The van der Waals surface area contributed by atoms with Gasteiger partial charge in [-0.3, -0.25) is 4.79 Å². The first-order chi connectivity index (χ1) is 18.6. The van der Waals surface area contributed by atoms with Crippen LogP contribution < -0.4 is 20.7 Å². The van der Waals surface area contributed by atoms with E-state index in [1.165, 1.54) is 29.0 Å². The average Bonchev–Trinajstić information content (AvgIpc) is 3.38. The van der Waals surface area contributed by atoms with Gasteiger partial charge in [0, 0.05) is 17.1 Å². The number of amides is 3. The average molecular weight is 561 g/mol. The van der Waals surface area contributed by atoms with Crippen LogP contribution in [0.2, 0.25) is 0 Å². The van der Waals surface area contributed by atoms with Crippen molar-refractivity contribution in [3.63, 3.8) is 0 Å². The van der Waals surface area contributed by atoms with E-state index in [-0.39, 0.29) is 36.0 Å². The molecule has 0 saturated heterocycles. The van der Waals surface area contributed by atoms with E-state index >= 15 is 0 Å². The Morgan fingerprint density at radius 3 is 2.26 bits per heavy atom. The molecule has 0 spiro atoms. The Morgan fingerprint density at radius 2 is 1.64 bits per heavy atom. The highest BCUT2D eigenvalue weighted by atomic mass is 32.1. The van der Waals surface area contributed by atoms with Crippen LogP contribution in [0.3, 0.4) is 0 Å². The first-order valence-electron chi connectivity index (χ1n) is 12.8. The number of alkyl halides is 3. The van der Waals surface area contributed by atoms with Crippen molar-refractivity contribution in [3.8, 4) is 5.75 Å². The number of ether oxygens (including phenoxy) is 1. The van der Waals surface area contributed by atoms with Gasteiger partial charge in [0.25, 0.3) is 5.91 Å². The van der Waals surface area contributed by atoms with Crippen LogP contribution in [0.25, 0.3) is 0 Å². The van der Waals surface area contributed by atoms with E-state index in [9.17, 15) is 22.8 Å². The summed E-state index contributed by atoms with van der Waals surface area (Å²) in [6.45, 7) is 4.50. The fraction of sp³-hybridized carbons (Fsp3) is 0.393. The molecule has 3 aromatic rings. The van der Waals surface area contributed by atoms with Crippen LogP contribution in [0.5, 0.6) is 5.75 Å². The largest absolute Gasteiger partial charge is 0.486 e. The number of carbonyl (C=O) groups is 2. The predicted molar refractivity (Wildman–Crippen MR) is 144 cm³/mol. The maximum Gasteiger partial charge on any atom is 0.416 e. The van der Waals surface area contributed by atoms with Gasteiger partial charge in [0.05, 0.1) is 11.6 Å². The lowest BCUT2D eigenvalue weighted by Crippen LogP contribution is -2.54. The molecule has 1 saturated carbocycles. The fourth-order valence-corrected chi connectivity index (χ4v) is 5.06. The summed E-state index contributed by atoms with van der Waals surface area (Å²) in [5, 5.41) is 10.7. The number of hydrogen-bond acceptors (Lipinski definition) is 5. The summed E-state index contributed by atoms with van der Waals surface area (Å²) in [5.41, 5.74) is 0.959. The fourth-order valence-electron chi connectivity index (χ4n) is 4.37. The summed E-state index contributed by atoms with van der Waals surface area (Å²) in [5.74, 6) is 0.832. The Hall–Kier alpha value is -3.60. The number of anilines is 1. The van der Waals surface area contributed by atoms with Gasteiger partial charge < -0.3 is 20.7 Å². The van der Waals surface area contributed by atoms with Gasteiger partial charge in [-0.05, 0) is 60.7 Å². The maximum atomic E-state index is 12.9. The minimum atomic E-state index is -4.45. The molecule has 1 aliphatic carbocycles. The molecular formula is C28H31F3N4O3S. The number of benzene rings is 2. The molecule has 2 atom stereocenters. The summed E-state index contributed by atoms with van der Waals surface area (Å²) in [7, 11) is 0. The van der Waals surface area contributed by atoms with E-state index in [4.69, 9.17) is 4.74 Å². The Morgan fingerprint density at radius 1 is 1.00 bits per heavy atom. The van der Waals surface area contributed by atoms with Gasteiger partial charge in [-0.15, -0.1) is 11.3 Å². The van der Waals surface area contributed by atoms with Crippen LogP contribution >= 0.6 is 11.3 Å². The summed E-state index contributed by atoms with van der Waals surface area (Å²) in [6, 6.07) is 10.9. The highest BCUT2D eigenvalue weighted by Gasteiger charge is 2.31. The molecule has 1 aromatic heterocycles. The van der Waals surface area contributed by atoms with Crippen molar-refractivity contribution in [2.24, 2.45) is 0 Å². The molecule has 3 amide bonds.